The second-order valence-electron chi connectivity index (χ2n) is 8.68. The first kappa shape index (κ1) is 27.7. The molecule has 0 saturated heterocycles. The Kier molecular flexibility index (Phi) is 9.53. The molecule has 34 heavy (non-hydrogen) atoms. The van der Waals surface area contributed by atoms with Crippen LogP contribution in [0.15, 0.2) is 42.5 Å². The van der Waals surface area contributed by atoms with Gasteiger partial charge in [-0.2, -0.15) is 0 Å². The third-order valence-electron chi connectivity index (χ3n) is 5.87. The lowest BCUT2D eigenvalue weighted by molar-refractivity contribution is -0.139. The van der Waals surface area contributed by atoms with E-state index in [-0.39, 0.29) is 18.5 Å². The number of halogens is 1. The lowest BCUT2D eigenvalue weighted by atomic mass is 10.1. The van der Waals surface area contributed by atoms with E-state index in [1.807, 2.05) is 39.8 Å². The molecule has 0 aliphatic carbocycles. The molecule has 0 bridgehead atoms. The summed E-state index contributed by atoms with van der Waals surface area (Å²) in [6.07, 6.45) is 1.81. The van der Waals surface area contributed by atoms with Gasteiger partial charge in [0.2, 0.25) is 21.8 Å². The van der Waals surface area contributed by atoms with Crippen LogP contribution in [0.3, 0.4) is 0 Å². The first-order chi connectivity index (χ1) is 15.8. The average molecular weight is 508 g/mol. The fourth-order valence-corrected chi connectivity index (χ4v) is 4.43. The zero-order chi connectivity index (χ0) is 25.6. The van der Waals surface area contributed by atoms with E-state index < -0.39 is 28.5 Å². The molecule has 9 heteroatoms. The number of sulfonamides is 1. The van der Waals surface area contributed by atoms with Crippen LogP contribution in [-0.2, 0) is 26.2 Å². The van der Waals surface area contributed by atoms with Crippen molar-refractivity contribution in [2.24, 2.45) is 0 Å². The van der Waals surface area contributed by atoms with Gasteiger partial charge in [-0.3, -0.25) is 13.9 Å². The van der Waals surface area contributed by atoms with Crippen molar-refractivity contribution in [1.82, 2.24) is 10.2 Å². The molecule has 2 atom stereocenters. The van der Waals surface area contributed by atoms with E-state index in [1.165, 1.54) is 4.90 Å². The molecule has 0 saturated carbocycles. The molecule has 2 unspecified atom stereocenters. The van der Waals surface area contributed by atoms with E-state index in [0.29, 0.717) is 10.7 Å². The smallest absolute Gasteiger partial charge is 0.244 e. The third-order valence-corrected chi connectivity index (χ3v) is 7.24. The Bertz CT molecular complexity index is 1140. The van der Waals surface area contributed by atoms with Crippen molar-refractivity contribution >= 4 is 39.1 Å². The van der Waals surface area contributed by atoms with E-state index in [9.17, 15) is 18.0 Å². The highest BCUT2D eigenvalue weighted by molar-refractivity contribution is 7.92. The van der Waals surface area contributed by atoms with Gasteiger partial charge in [0.05, 0.1) is 11.9 Å². The van der Waals surface area contributed by atoms with Crippen LogP contribution >= 0.6 is 11.6 Å². The second-order valence-corrected chi connectivity index (χ2v) is 11.0. The van der Waals surface area contributed by atoms with Gasteiger partial charge in [-0.25, -0.2) is 8.42 Å². The highest BCUT2D eigenvalue weighted by Crippen LogP contribution is 2.22. The fourth-order valence-electron chi connectivity index (χ4n) is 3.37. The maximum atomic E-state index is 13.5. The largest absolute Gasteiger partial charge is 0.352 e. The zero-order valence-corrected chi connectivity index (χ0v) is 22.2. The Labute approximate surface area is 208 Å². The van der Waals surface area contributed by atoms with Gasteiger partial charge in [-0.1, -0.05) is 36.7 Å². The summed E-state index contributed by atoms with van der Waals surface area (Å²) in [6.45, 7) is 8.98. The van der Waals surface area contributed by atoms with Crippen molar-refractivity contribution < 1.29 is 18.0 Å². The van der Waals surface area contributed by atoms with Gasteiger partial charge in [0.15, 0.2) is 0 Å². The van der Waals surface area contributed by atoms with Crippen LogP contribution < -0.4 is 9.62 Å². The number of hydrogen-bond donors (Lipinski definition) is 1. The molecule has 0 aromatic heterocycles. The molecular formula is C25H34ClN3O4S. The molecule has 2 amide bonds. The number of rotatable bonds is 10. The van der Waals surface area contributed by atoms with E-state index in [4.69, 9.17) is 11.6 Å². The predicted octanol–water partition coefficient (Wildman–Crippen LogP) is 4.05. The Balaban J connectivity index is 2.41. The summed E-state index contributed by atoms with van der Waals surface area (Å²) in [5.41, 5.74) is 3.07. The average Bonchev–Trinajstić information content (AvgIpc) is 2.76. The molecule has 0 radical (unpaired) electrons. The number of aryl methyl sites for hydroxylation is 2. The molecule has 1 N–H and O–H groups in total. The van der Waals surface area contributed by atoms with Crippen LogP contribution in [0.5, 0.6) is 0 Å². The summed E-state index contributed by atoms with van der Waals surface area (Å²) >= 11 is 6.12. The minimum atomic E-state index is -3.76. The van der Waals surface area contributed by atoms with Gasteiger partial charge in [0.1, 0.15) is 12.6 Å². The lowest BCUT2D eigenvalue weighted by Gasteiger charge is -2.32. The van der Waals surface area contributed by atoms with Crippen LogP contribution in [0.2, 0.25) is 5.02 Å². The number of anilines is 1. The lowest BCUT2D eigenvalue weighted by Crippen LogP contribution is -2.52. The van der Waals surface area contributed by atoms with Crippen molar-refractivity contribution in [3.8, 4) is 0 Å². The second kappa shape index (κ2) is 11.7. The van der Waals surface area contributed by atoms with Crippen molar-refractivity contribution in [2.75, 3.05) is 17.1 Å². The normalized spacial score (nSPS) is 13.1. The molecule has 2 aromatic rings. The number of carbonyl (C=O) groups is 2. The zero-order valence-electron chi connectivity index (χ0n) is 20.6. The van der Waals surface area contributed by atoms with Crippen LogP contribution in [0.1, 0.15) is 43.9 Å². The van der Waals surface area contributed by atoms with Crippen LogP contribution in [0, 0.1) is 13.8 Å². The first-order valence-electron chi connectivity index (χ1n) is 11.2. The highest BCUT2D eigenvalue weighted by Gasteiger charge is 2.30. The highest BCUT2D eigenvalue weighted by atomic mass is 35.5. The van der Waals surface area contributed by atoms with E-state index in [1.54, 1.807) is 37.3 Å². The number of carbonyl (C=O) groups excluding carboxylic acids is 2. The van der Waals surface area contributed by atoms with E-state index in [0.717, 1.165) is 33.7 Å². The molecule has 0 aliphatic rings. The van der Waals surface area contributed by atoms with Gasteiger partial charge in [0, 0.05) is 17.6 Å². The summed E-state index contributed by atoms with van der Waals surface area (Å²) in [5.74, 6) is -0.794. The van der Waals surface area contributed by atoms with Crippen molar-refractivity contribution in [2.45, 2.75) is 59.7 Å². The van der Waals surface area contributed by atoms with Gasteiger partial charge < -0.3 is 10.2 Å². The monoisotopic (exact) mass is 507 g/mol. The number of hydrogen-bond acceptors (Lipinski definition) is 4. The minimum Gasteiger partial charge on any atom is -0.352 e. The number of nitrogens with one attached hydrogen (secondary N) is 1. The quantitative estimate of drug-likeness (QED) is 0.525. The Morgan fingerprint density at radius 1 is 1.06 bits per heavy atom. The molecule has 0 aliphatic heterocycles. The predicted molar refractivity (Wildman–Crippen MR) is 137 cm³/mol. The van der Waals surface area contributed by atoms with Gasteiger partial charge in [-0.05, 0) is 75.1 Å². The maximum Gasteiger partial charge on any atom is 0.244 e. The van der Waals surface area contributed by atoms with Crippen molar-refractivity contribution in [3.63, 3.8) is 0 Å². The fraction of sp³-hybridized carbons (Fsp3) is 0.440. The molecule has 0 spiro atoms. The summed E-state index contributed by atoms with van der Waals surface area (Å²) in [4.78, 5) is 27.8. The van der Waals surface area contributed by atoms with Crippen LogP contribution in [0.4, 0.5) is 5.69 Å². The summed E-state index contributed by atoms with van der Waals surface area (Å²) in [7, 11) is -3.76. The number of amides is 2. The Hall–Kier alpha value is -2.58. The SMILES string of the molecule is CCC(C)NC(=O)C(C)N(Cc1cccc(Cl)c1)C(=O)CN(c1ccc(C)c(C)c1)S(C)(=O)=O. The summed E-state index contributed by atoms with van der Waals surface area (Å²) in [5, 5.41) is 3.41. The van der Waals surface area contributed by atoms with Crippen molar-refractivity contribution in [1.29, 1.82) is 0 Å². The number of nitrogens with zero attached hydrogens (tertiary/aromatic N) is 2. The van der Waals surface area contributed by atoms with Crippen LogP contribution in [0.25, 0.3) is 0 Å². The molecule has 0 heterocycles. The Morgan fingerprint density at radius 2 is 1.74 bits per heavy atom. The molecule has 0 fully saturated rings. The van der Waals surface area contributed by atoms with E-state index >= 15 is 0 Å². The van der Waals surface area contributed by atoms with Gasteiger partial charge in [-0.15, -0.1) is 0 Å². The molecule has 7 nitrogen and oxygen atoms in total. The molecule has 2 aromatic carbocycles. The first-order valence-corrected chi connectivity index (χ1v) is 13.4. The standard InChI is InChI=1S/C25H34ClN3O4S/c1-7-19(4)27-25(31)20(5)28(15-21-9-8-10-22(26)14-21)24(30)16-29(34(6,32)33)23-12-11-17(2)18(3)13-23/h8-14,19-20H,7,15-16H2,1-6H3,(H,27,31). The van der Waals surface area contributed by atoms with Crippen molar-refractivity contribution in [3.05, 3.63) is 64.2 Å². The molecule has 186 valence electrons. The molecular weight excluding hydrogens is 474 g/mol. The van der Waals surface area contributed by atoms with Crippen LogP contribution in [-0.4, -0.2) is 50.0 Å². The maximum absolute atomic E-state index is 13.5. The minimum absolute atomic E-state index is 0.0545. The topological polar surface area (TPSA) is 86.8 Å². The number of benzene rings is 2. The van der Waals surface area contributed by atoms with Gasteiger partial charge >= 0.3 is 0 Å². The summed E-state index contributed by atoms with van der Waals surface area (Å²) < 4.78 is 26.3. The van der Waals surface area contributed by atoms with E-state index in [2.05, 4.69) is 5.32 Å². The molecule has 2 rings (SSSR count). The Morgan fingerprint density at radius 3 is 2.29 bits per heavy atom. The summed E-state index contributed by atoms with van der Waals surface area (Å²) in [6, 6.07) is 11.4. The third kappa shape index (κ3) is 7.46. The van der Waals surface area contributed by atoms with Gasteiger partial charge in [0.25, 0.3) is 0 Å².